The summed E-state index contributed by atoms with van der Waals surface area (Å²) in [7, 11) is -3.22. The lowest BCUT2D eigenvalue weighted by atomic mass is 9.85. The fraction of sp³-hybridized carbons (Fsp3) is 0.391. The third-order valence-electron chi connectivity index (χ3n) is 6.14. The molecule has 2 aliphatic heterocycles. The molecule has 2 aliphatic rings. The van der Waals surface area contributed by atoms with Crippen LogP contribution >= 0.6 is 0 Å². The number of carbonyl (C=O) groups is 2. The van der Waals surface area contributed by atoms with Crippen LogP contribution in [0.2, 0.25) is 0 Å². The summed E-state index contributed by atoms with van der Waals surface area (Å²) in [6.07, 6.45) is -4.57. The Morgan fingerprint density at radius 1 is 1.12 bits per heavy atom. The fourth-order valence-corrected chi connectivity index (χ4v) is 6.50. The van der Waals surface area contributed by atoms with Gasteiger partial charge in [-0.3, -0.25) is 14.5 Å². The Kier molecular flexibility index (Phi) is 5.47. The van der Waals surface area contributed by atoms with Crippen molar-refractivity contribution in [3.63, 3.8) is 0 Å². The number of sulfone groups is 1. The molecule has 0 saturated carbocycles. The van der Waals surface area contributed by atoms with Crippen LogP contribution in [0.5, 0.6) is 5.75 Å². The van der Waals surface area contributed by atoms with E-state index in [2.05, 4.69) is 10.1 Å². The summed E-state index contributed by atoms with van der Waals surface area (Å²) in [6.45, 7) is 5.00. The molecule has 2 amide bonds. The quantitative estimate of drug-likeness (QED) is 0.694. The molecule has 1 saturated heterocycles. The predicted molar refractivity (Wildman–Crippen MR) is 119 cm³/mol. The molecule has 11 heteroatoms. The molecule has 34 heavy (non-hydrogen) atoms. The van der Waals surface area contributed by atoms with Gasteiger partial charge in [-0.1, -0.05) is 6.07 Å². The van der Waals surface area contributed by atoms with E-state index < -0.39 is 38.8 Å². The first-order chi connectivity index (χ1) is 15.6. The number of rotatable bonds is 4. The van der Waals surface area contributed by atoms with Crippen molar-refractivity contribution in [3.8, 4) is 5.75 Å². The normalized spacial score (nSPS) is 23.0. The SMILES string of the molecule is CC1(C)C(=O)N(c2cccc(OC(F)(F)F)c2)c2ccc(C(=O)N[C@]3(C)CCS(=O)(=O)C3)cc21. The van der Waals surface area contributed by atoms with Crippen molar-refractivity contribution in [2.24, 2.45) is 0 Å². The first-order valence-corrected chi connectivity index (χ1v) is 12.3. The highest BCUT2D eigenvalue weighted by Gasteiger charge is 2.45. The maximum atomic E-state index is 13.3. The Morgan fingerprint density at radius 3 is 2.44 bits per heavy atom. The summed E-state index contributed by atoms with van der Waals surface area (Å²) in [5.41, 5.74) is -0.541. The lowest BCUT2D eigenvalue weighted by Gasteiger charge is -2.24. The molecule has 1 fully saturated rings. The fourth-order valence-electron chi connectivity index (χ4n) is 4.41. The number of nitrogens with one attached hydrogen (secondary N) is 1. The largest absolute Gasteiger partial charge is 0.573 e. The molecular formula is C23H23F3N2O5S. The Labute approximate surface area is 194 Å². The standard InChI is InChI=1S/C23H23F3N2O5S/c1-21(2)17-11-14(19(29)27-22(3)9-10-34(31,32)13-22)7-8-18(17)28(20(21)30)15-5-4-6-16(12-15)33-23(24,25)26/h4-8,11-12H,9-10,13H2,1-3H3,(H,27,29)/t22-/m1/s1. The number of carbonyl (C=O) groups excluding carboxylic acids is 2. The average Bonchev–Trinajstić information content (AvgIpc) is 3.09. The third kappa shape index (κ3) is 4.48. The second kappa shape index (κ2) is 7.72. The smallest absolute Gasteiger partial charge is 0.406 e. The number of amides is 2. The topological polar surface area (TPSA) is 92.8 Å². The Bertz CT molecular complexity index is 1290. The Hall–Kier alpha value is -3.08. The minimum absolute atomic E-state index is 0.00157. The molecule has 1 N–H and O–H groups in total. The summed E-state index contributed by atoms with van der Waals surface area (Å²) in [6, 6.07) is 9.73. The van der Waals surface area contributed by atoms with Crippen molar-refractivity contribution in [3.05, 3.63) is 53.6 Å². The molecule has 182 valence electrons. The lowest BCUT2D eigenvalue weighted by Crippen LogP contribution is -2.46. The summed E-state index contributed by atoms with van der Waals surface area (Å²) in [4.78, 5) is 27.5. The molecule has 0 radical (unpaired) electrons. The number of ether oxygens (including phenoxy) is 1. The highest BCUT2D eigenvalue weighted by molar-refractivity contribution is 7.91. The van der Waals surface area contributed by atoms with E-state index in [4.69, 9.17) is 0 Å². The van der Waals surface area contributed by atoms with E-state index >= 15 is 0 Å². The number of benzene rings is 2. The van der Waals surface area contributed by atoms with Gasteiger partial charge in [-0.2, -0.15) is 0 Å². The van der Waals surface area contributed by atoms with Gasteiger partial charge in [0.2, 0.25) is 5.91 Å². The molecule has 0 spiro atoms. The van der Waals surface area contributed by atoms with Gasteiger partial charge in [-0.05, 0) is 63.1 Å². The molecule has 1 atom stereocenters. The molecular weight excluding hydrogens is 473 g/mol. The van der Waals surface area contributed by atoms with Crippen molar-refractivity contribution < 1.29 is 35.9 Å². The molecule has 2 aromatic rings. The van der Waals surface area contributed by atoms with Gasteiger partial charge in [-0.25, -0.2) is 8.42 Å². The van der Waals surface area contributed by atoms with Crippen molar-refractivity contribution in [2.45, 2.75) is 44.5 Å². The molecule has 7 nitrogen and oxygen atoms in total. The van der Waals surface area contributed by atoms with Crippen LogP contribution in [-0.4, -0.2) is 43.6 Å². The predicted octanol–water partition coefficient (Wildman–Crippen LogP) is 3.85. The lowest BCUT2D eigenvalue weighted by molar-refractivity contribution is -0.274. The van der Waals surface area contributed by atoms with Gasteiger partial charge < -0.3 is 10.1 Å². The highest BCUT2D eigenvalue weighted by atomic mass is 32.2. The molecule has 0 unspecified atom stereocenters. The highest BCUT2D eigenvalue weighted by Crippen LogP contribution is 2.46. The molecule has 0 bridgehead atoms. The van der Waals surface area contributed by atoms with Gasteiger partial charge in [0, 0.05) is 11.6 Å². The van der Waals surface area contributed by atoms with E-state index in [1.54, 1.807) is 32.9 Å². The van der Waals surface area contributed by atoms with Crippen LogP contribution in [0.1, 0.15) is 43.1 Å². The number of alkyl halides is 3. The number of fused-ring (bicyclic) bond motifs is 1. The molecule has 0 aromatic heterocycles. The average molecular weight is 497 g/mol. The Balaban J connectivity index is 1.66. The van der Waals surface area contributed by atoms with Crippen molar-refractivity contribution in [1.82, 2.24) is 5.32 Å². The minimum atomic E-state index is -4.87. The van der Waals surface area contributed by atoms with Crippen LogP contribution in [0.15, 0.2) is 42.5 Å². The number of hydrogen-bond donors (Lipinski definition) is 1. The minimum Gasteiger partial charge on any atom is -0.406 e. The zero-order valence-corrected chi connectivity index (χ0v) is 19.5. The van der Waals surface area contributed by atoms with Crippen LogP contribution in [-0.2, 0) is 20.0 Å². The van der Waals surface area contributed by atoms with E-state index in [9.17, 15) is 31.2 Å². The van der Waals surface area contributed by atoms with E-state index in [0.717, 1.165) is 12.1 Å². The van der Waals surface area contributed by atoms with E-state index in [-0.39, 0.29) is 28.7 Å². The van der Waals surface area contributed by atoms with Gasteiger partial charge in [-0.15, -0.1) is 13.2 Å². The maximum absolute atomic E-state index is 13.3. The Morgan fingerprint density at radius 2 is 1.82 bits per heavy atom. The molecule has 2 aromatic carbocycles. The number of halogens is 3. The first kappa shape index (κ1) is 24.1. The monoisotopic (exact) mass is 496 g/mol. The third-order valence-corrected chi connectivity index (χ3v) is 8.04. The number of anilines is 2. The maximum Gasteiger partial charge on any atom is 0.573 e. The van der Waals surface area contributed by atoms with Crippen LogP contribution in [0.4, 0.5) is 24.5 Å². The van der Waals surface area contributed by atoms with Gasteiger partial charge in [0.1, 0.15) is 5.75 Å². The van der Waals surface area contributed by atoms with Crippen LogP contribution in [0.25, 0.3) is 0 Å². The molecule has 0 aliphatic carbocycles. The second-order valence-corrected chi connectivity index (χ2v) is 11.6. The van der Waals surface area contributed by atoms with Crippen molar-refractivity contribution in [1.29, 1.82) is 0 Å². The van der Waals surface area contributed by atoms with Crippen molar-refractivity contribution >= 4 is 33.0 Å². The van der Waals surface area contributed by atoms with Gasteiger partial charge in [0.05, 0.1) is 33.8 Å². The summed E-state index contributed by atoms with van der Waals surface area (Å²) in [5, 5.41) is 2.79. The van der Waals surface area contributed by atoms with E-state index in [1.807, 2.05) is 0 Å². The van der Waals surface area contributed by atoms with Crippen LogP contribution < -0.4 is 15.0 Å². The molecule has 4 rings (SSSR count). The number of nitrogens with zero attached hydrogens (tertiary/aromatic N) is 1. The molecule has 2 heterocycles. The van der Waals surface area contributed by atoms with E-state index in [1.165, 1.54) is 23.1 Å². The summed E-state index contributed by atoms with van der Waals surface area (Å²) in [5.74, 6) is -1.45. The zero-order valence-electron chi connectivity index (χ0n) is 18.7. The summed E-state index contributed by atoms with van der Waals surface area (Å²) >= 11 is 0. The van der Waals surface area contributed by atoms with Gasteiger partial charge in [0.15, 0.2) is 9.84 Å². The van der Waals surface area contributed by atoms with Gasteiger partial charge in [0.25, 0.3) is 5.91 Å². The zero-order chi connectivity index (χ0) is 25.1. The van der Waals surface area contributed by atoms with Gasteiger partial charge >= 0.3 is 6.36 Å². The van der Waals surface area contributed by atoms with Crippen molar-refractivity contribution in [2.75, 3.05) is 16.4 Å². The van der Waals surface area contributed by atoms with E-state index in [0.29, 0.717) is 17.7 Å². The van der Waals surface area contributed by atoms with Crippen LogP contribution in [0.3, 0.4) is 0 Å². The summed E-state index contributed by atoms with van der Waals surface area (Å²) < 4.78 is 65.6. The second-order valence-electron chi connectivity index (χ2n) is 9.40. The van der Waals surface area contributed by atoms with Crippen LogP contribution in [0, 0.1) is 0 Å². The number of hydrogen-bond acceptors (Lipinski definition) is 5. The first-order valence-electron chi connectivity index (χ1n) is 10.5.